The Labute approximate surface area is 161 Å². The van der Waals surface area contributed by atoms with Crippen molar-refractivity contribution in [3.05, 3.63) is 51.7 Å². The Balaban J connectivity index is 1.64. The van der Waals surface area contributed by atoms with Crippen molar-refractivity contribution >= 4 is 34.9 Å². The van der Waals surface area contributed by atoms with Crippen molar-refractivity contribution in [1.29, 1.82) is 0 Å². The Hall–Kier alpha value is -2.87. The van der Waals surface area contributed by atoms with E-state index < -0.39 is 5.91 Å². The molecule has 0 saturated carbocycles. The number of nitrogens with two attached hydrogens (primary N) is 1. The number of carbonyl (C=O) groups excluding carboxylic acids is 3. The minimum Gasteiger partial charge on any atom is -0.366 e. The second-order valence-electron chi connectivity index (χ2n) is 6.47. The van der Waals surface area contributed by atoms with E-state index in [4.69, 9.17) is 5.73 Å². The van der Waals surface area contributed by atoms with Gasteiger partial charge in [-0.25, -0.2) is 4.79 Å². The van der Waals surface area contributed by atoms with Gasteiger partial charge in [-0.15, -0.1) is 0 Å². The molecule has 0 unspecified atom stereocenters. The highest BCUT2D eigenvalue weighted by Crippen LogP contribution is 2.18. The highest BCUT2D eigenvalue weighted by atomic mass is 32.1. The van der Waals surface area contributed by atoms with Gasteiger partial charge in [-0.05, 0) is 42.5 Å². The first kappa shape index (κ1) is 18.9. The van der Waals surface area contributed by atoms with Crippen LogP contribution in [0, 0.1) is 6.92 Å². The molecule has 3 rings (SSSR count). The summed E-state index contributed by atoms with van der Waals surface area (Å²) in [5, 5.41) is 6.57. The number of rotatable bonds is 3. The number of benzene rings is 1. The average Bonchev–Trinajstić information content (AvgIpc) is 3.07. The molecule has 4 amide bonds. The van der Waals surface area contributed by atoms with Gasteiger partial charge in [0.1, 0.15) is 0 Å². The minimum absolute atomic E-state index is 0.00325. The standard InChI is InChI=1S/C19H22N4O3S/c1-13-3-4-14(17(20)24)11-16(13)21-19(26)23-7-2-6-22(8-9-23)18(25)15-5-10-27-12-15/h3-5,10-12H,2,6-9H2,1H3,(H2,20,24)(H,21,26). The second-order valence-corrected chi connectivity index (χ2v) is 7.25. The van der Waals surface area contributed by atoms with E-state index >= 15 is 0 Å². The van der Waals surface area contributed by atoms with Crippen LogP contribution in [0.15, 0.2) is 35.0 Å². The fourth-order valence-electron chi connectivity index (χ4n) is 3.00. The molecule has 1 aliphatic rings. The highest BCUT2D eigenvalue weighted by Gasteiger charge is 2.23. The summed E-state index contributed by atoms with van der Waals surface area (Å²) in [5.41, 5.74) is 7.76. The highest BCUT2D eigenvalue weighted by molar-refractivity contribution is 7.08. The van der Waals surface area contributed by atoms with Crippen LogP contribution in [0.2, 0.25) is 0 Å². The van der Waals surface area contributed by atoms with Gasteiger partial charge in [0.25, 0.3) is 5.91 Å². The smallest absolute Gasteiger partial charge is 0.321 e. The molecule has 1 aliphatic heterocycles. The molecule has 1 aromatic heterocycles. The fraction of sp³-hybridized carbons (Fsp3) is 0.316. The lowest BCUT2D eigenvalue weighted by molar-refractivity contribution is 0.0763. The summed E-state index contributed by atoms with van der Waals surface area (Å²) in [5.74, 6) is -0.536. The first-order valence-corrected chi connectivity index (χ1v) is 9.68. The molecule has 0 spiro atoms. The third-order valence-corrected chi connectivity index (χ3v) is 5.29. The lowest BCUT2D eigenvalue weighted by atomic mass is 10.1. The van der Waals surface area contributed by atoms with Crippen LogP contribution in [0.25, 0.3) is 0 Å². The predicted molar refractivity (Wildman–Crippen MR) is 105 cm³/mol. The van der Waals surface area contributed by atoms with Gasteiger partial charge in [-0.3, -0.25) is 9.59 Å². The van der Waals surface area contributed by atoms with E-state index in [2.05, 4.69) is 5.32 Å². The van der Waals surface area contributed by atoms with Gasteiger partial charge in [-0.2, -0.15) is 11.3 Å². The van der Waals surface area contributed by atoms with Gasteiger partial charge >= 0.3 is 6.03 Å². The zero-order valence-electron chi connectivity index (χ0n) is 15.1. The molecular weight excluding hydrogens is 364 g/mol. The summed E-state index contributed by atoms with van der Waals surface area (Å²) in [7, 11) is 0. The Morgan fingerprint density at radius 1 is 1.04 bits per heavy atom. The summed E-state index contributed by atoms with van der Waals surface area (Å²) in [4.78, 5) is 40.0. The summed E-state index contributed by atoms with van der Waals surface area (Å²) < 4.78 is 0. The van der Waals surface area contributed by atoms with E-state index in [1.54, 1.807) is 28.0 Å². The molecule has 8 heteroatoms. The molecule has 0 atom stereocenters. The van der Waals surface area contributed by atoms with Crippen molar-refractivity contribution in [3.8, 4) is 0 Å². The molecule has 2 heterocycles. The quantitative estimate of drug-likeness (QED) is 0.848. The summed E-state index contributed by atoms with van der Waals surface area (Å²) in [6.07, 6.45) is 0.712. The molecular formula is C19H22N4O3S. The van der Waals surface area contributed by atoms with E-state index in [0.717, 1.165) is 5.56 Å². The molecule has 0 radical (unpaired) electrons. The number of aryl methyl sites for hydroxylation is 1. The zero-order chi connectivity index (χ0) is 19.4. The number of amides is 4. The van der Waals surface area contributed by atoms with Crippen LogP contribution in [0.1, 0.15) is 32.7 Å². The van der Waals surface area contributed by atoms with Crippen LogP contribution in [-0.4, -0.2) is 53.8 Å². The van der Waals surface area contributed by atoms with E-state index in [9.17, 15) is 14.4 Å². The number of hydrogen-bond donors (Lipinski definition) is 2. The zero-order valence-corrected chi connectivity index (χ0v) is 15.9. The largest absolute Gasteiger partial charge is 0.366 e. The summed E-state index contributed by atoms with van der Waals surface area (Å²) in [6.45, 7) is 3.98. The van der Waals surface area contributed by atoms with E-state index in [0.29, 0.717) is 49.4 Å². The molecule has 0 aliphatic carbocycles. The van der Waals surface area contributed by atoms with Crippen LogP contribution < -0.4 is 11.1 Å². The third kappa shape index (κ3) is 4.46. The van der Waals surface area contributed by atoms with Crippen LogP contribution >= 0.6 is 11.3 Å². The number of primary amides is 1. The van der Waals surface area contributed by atoms with Crippen LogP contribution in [-0.2, 0) is 0 Å². The predicted octanol–water partition coefficient (Wildman–Crippen LogP) is 2.54. The van der Waals surface area contributed by atoms with Crippen molar-refractivity contribution in [2.45, 2.75) is 13.3 Å². The number of anilines is 1. The first-order valence-electron chi connectivity index (χ1n) is 8.73. The van der Waals surface area contributed by atoms with Gasteiger partial charge in [0, 0.05) is 42.8 Å². The Bertz CT molecular complexity index is 851. The maximum Gasteiger partial charge on any atom is 0.321 e. The van der Waals surface area contributed by atoms with Gasteiger partial charge in [0.2, 0.25) is 5.91 Å². The van der Waals surface area contributed by atoms with Crippen molar-refractivity contribution in [2.75, 3.05) is 31.5 Å². The molecule has 1 aromatic carbocycles. The maximum absolute atomic E-state index is 12.7. The molecule has 0 bridgehead atoms. The Morgan fingerprint density at radius 2 is 1.78 bits per heavy atom. The monoisotopic (exact) mass is 386 g/mol. The van der Waals surface area contributed by atoms with E-state index in [1.807, 2.05) is 23.8 Å². The molecule has 2 aromatic rings. The molecule has 1 fully saturated rings. The van der Waals surface area contributed by atoms with Crippen molar-refractivity contribution in [2.24, 2.45) is 5.73 Å². The van der Waals surface area contributed by atoms with Gasteiger partial charge in [0.15, 0.2) is 0 Å². The average molecular weight is 386 g/mol. The van der Waals surface area contributed by atoms with Gasteiger partial charge in [-0.1, -0.05) is 6.07 Å². The summed E-state index contributed by atoms with van der Waals surface area (Å²) >= 11 is 1.49. The summed E-state index contributed by atoms with van der Waals surface area (Å²) in [6, 6.07) is 6.54. The molecule has 3 N–H and O–H groups in total. The Kier molecular flexibility index (Phi) is 5.75. The SMILES string of the molecule is Cc1ccc(C(N)=O)cc1NC(=O)N1CCCN(C(=O)c2ccsc2)CC1. The first-order chi connectivity index (χ1) is 13.0. The number of urea groups is 1. The molecule has 142 valence electrons. The normalized spacial score (nSPS) is 14.6. The lowest BCUT2D eigenvalue weighted by Crippen LogP contribution is -2.39. The van der Waals surface area contributed by atoms with E-state index in [-0.39, 0.29) is 11.9 Å². The van der Waals surface area contributed by atoms with Crippen LogP contribution in [0.3, 0.4) is 0 Å². The second kappa shape index (κ2) is 8.22. The van der Waals surface area contributed by atoms with Crippen LogP contribution in [0.4, 0.5) is 10.5 Å². The fourth-order valence-corrected chi connectivity index (χ4v) is 3.63. The van der Waals surface area contributed by atoms with Crippen molar-refractivity contribution < 1.29 is 14.4 Å². The van der Waals surface area contributed by atoms with Crippen LogP contribution in [0.5, 0.6) is 0 Å². The molecule has 1 saturated heterocycles. The minimum atomic E-state index is -0.539. The third-order valence-electron chi connectivity index (χ3n) is 4.60. The van der Waals surface area contributed by atoms with Crippen molar-refractivity contribution in [1.82, 2.24) is 9.80 Å². The number of hydrogen-bond acceptors (Lipinski definition) is 4. The number of nitrogens with one attached hydrogen (secondary N) is 1. The number of nitrogens with zero attached hydrogens (tertiary/aromatic N) is 2. The van der Waals surface area contributed by atoms with E-state index in [1.165, 1.54) is 11.3 Å². The number of carbonyl (C=O) groups is 3. The Morgan fingerprint density at radius 3 is 2.48 bits per heavy atom. The maximum atomic E-state index is 12.7. The molecule has 7 nitrogen and oxygen atoms in total. The molecule has 27 heavy (non-hydrogen) atoms. The topological polar surface area (TPSA) is 95.7 Å². The van der Waals surface area contributed by atoms with Gasteiger partial charge in [0.05, 0.1) is 5.56 Å². The van der Waals surface area contributed by atoms with Gasteiger partial charge < -0.3 is 20.9 Å². The van der Waals surface area contributed by atoms with Crippen molar-refractivity contribution in [3.63, 3.8) is 0 Å². The number of thiophene rings is 1. The lowest BCUT2D eigenvalue weighted by Gasteiger charge is -2.23.